The van der Waals surface area contributed by atoms with E-state index >= 15 is 0 Å². The maximum atomic E-state index is 13.7. The lowest BCUT2D eigenvalue weighted by atomic mass is 9.86. The van der Waals surface area contributed by atoms with Crippen molar-refractivity contribution in [3.05, 3.63) is 52.4 Å². The SMILES string of the molecule is COC1(c2ncc(Cl)cc2C(F)(F)F)CCCN(C(=O)c2ccnc(N(C)C)c2)C1. The molecule has 6 nitrogen and oxygen atoms in total. The summed E-state index contributed by atoms with van der Waals surface area (Å²) in [7, 11) is 4.94. The molecule has 1 amide bonds. The molecule has 2 aromatic heterocycles. The first-order valence-corrected chi connectivity index (χ1v) is 9.66. The summed E-state index contributed by atoms with van der Waals surface area (Å²) >= 11 is 5.77. The molecule has 0 aromatic carbocycles. The highest BCUT2D eigenvalue weighted by Crippen LogP contribution is 2.42. The Morgan fingerprint density at radius 2 is 2.03 bits per heavy atom. The molecule has 0 N–H and O–H groups in total. The summed E-state index contributed by atoms with van der Waals surface area (Å²) in [5.41, 5.74) is -2.20. The molecule has 1 saturated heterocycles. The standard InChI is InChI=1S/C20H22ClF3N4O2/c1-27(2)16-9-13(5-7-25-16)18(29)28-8-4-6-19(12-28,30-3)17-15(20(22,23)24)10-14(21)11-26-17/h5,7,9-11H,4,6,8,12H2,1-3H3. The Kier molecular flexibility index (Phi) is 6.24. The van der Waals surface area contributed by atoms with E-state index in [0.717, 1.165) is 6.07 Å². The van der Waals surface area contributed by atoms with Gasteiger partial charge in [0.15, 0.2) is 0 Å². The topological polar surface area (TPSA) is 58.6 Å². The van der Waals surface area contributed by atoms with Crippen LogP contribution in [0, 0.1) is 0 Å². The van der Waals surface area contributed by atoms with Gasteiger partial charge >= 0.3 is 6.18 Å². The summed E-state index contributed by atoms with van der Waals surface area (Å²) in [5, 5.41) is -0.117. The van der Waals surface area contributed by atoms with Crippen LogP contribution in [0.15, 0.2) is 30.6 Å². The maximum Gasteiger partial charge on any atom is 0.418 e. The van der Waals surface area contributed by atoms with Gasteiger partial charge in [0.25, 0.3) is 5.91 Å². The molecular formula is C20H22ClF3N4O2. The minimum absolute atomic E-state index is 0.0559. The first-order chi connectivity index (χ1) is 14.1. The average Bonchev–Trinajstić information content (AvgIpc) is 2.72. The molecule has 1 atom stereocenters. The Hall–Kier alpha value is -2.39. The number of piperidine rings is 1. The van der Waals surface area contributed by atoms with E-state index in [9.17, 15) is 18.0 Å². The Labute approximate surface area is 177 Å². The average molecular weight is 443 g/mol. The minimum Gasteiger partial charge on any atom is -0.370 e. The van der Waals surface area contributed by atoms with Gasteiger partial charge < -0.3 is 14.5 Å². The molecule has 0 spiro atoms. The third-order valence-electron chi connectivity index (χ3n) is 5.17. The molecular weight excluding hydrogens is 421 g/mol. The number of pyridine rings is 2. The van der Waals surface area contributed by atoms with Gasteiger partial charge in [0, 0.05) is 45.7 Å². The lowest BCUT2D eigenvalue weighted by Gasteiger charge is -2.42. The second-order valence-corrected chi connectivity index (χ2v) is 7.81. The highest BCUT2D eigenvalue weighted by Gasteiger charge is 2.46. The number of carbonyl (C=O) groups excluding carboxylic acids is 1. The van der Waals surface area contributed by atoms with Gasteiger partial charge in [0.1, 0.15) is 11.4 Å². The van der Waals surface area contributed by atoms with Crippen molar-refractivity contribution in [1.29, 1.82) is 0 Å². The van der Waals surface area contributed by atoms with E-state index in [1.807, 2.05) is 0 Å². The third-order valence-corrected chi connectivity index (χ3v) is 5.38. The van der Waals surface area contributed by atoms with Gasteiger partial charge in [0.2, 0.25) is 0 Å². The van der Waals surface area contributed by atoms with Crippen LogP contribution in [0.25, 0.3) is 0 Å². The fourth-order valence-corrected chi connectivity index (χ4v) is 3.81. The summed E-state index contributed by atoms with van der Waals surface area (Å²) in [6.45, 7) is 0.345. The van der Waals surface area contributed by atoms with Crippen molar-refractivity contribution in [2.24, 2.45) is 0 Å². The third kappa shape index (κ3) is 4.37. The van der Waals surface area contributed by atoms with Crippen LogP contribution in [0.4, 0.5) is 19.0 Å². The number of anilines is 1. The van der Waals surface area contributed by atoms with E-state index in [1.54, 1.807) is 31.1 Å². The van der Waals surface area contributed by atoms with Crippen molar-refractivity contribution in [2.45, 2.75) is 24.6 Å². The Balaban J connectivity index is 1.98. The van der Waals surface area contributed by atoms with Crippen LogP contribution in [0.1, 0.15) is 34.5 Å². The van der Waals surface area contributed by atoms with Crippen molar-refractivity contribution >= 4 is 23.3 Å². The van der Waals surface area contributed by atoms with Crippen LogP contribution in [0.3, 0.4) is 0 Å². The number of alkyl halides is 3. The maximum absolute atomic E-state index is 13.7. The van der Waals surface area contributed by atoms with Gasteiger partial charge in [0.05, 0.1) is 22.8 Å². The zero-order valence-corrected chi connectivity index (χ0v) is 17.6. The molecule has 3 rings (SSSR count). The number of hydrogen-bond acceptors (Lipinski definition) is 5. The predicted molar refractivity (Wildman–Crippen MR) is 107 cm³/mol. The van der Waals surface area contributed by atoms with Gasteiger partial charge in [-0.15, -0.1) is 0 Å². The fourth-order valence-electron chi connectivity index (χ4n) is 3.65. The Morgan fingerprint density at radius 1 is 1.30 bits per heavy atom. The molecule has 1 aliphatic heterocycles. The molecule has 1 aliphatic rings. The predicted octanol–water partition coefficient (Wildman–Crippen LogP) is 3.99. The first kappa shape index (κ1) is 22.3. The van der Waals surface area contributed by atoms with Crippen LogP contribution in [-0.4, -0.2) is 55.1 Å². The molecule has 2 aromatic rings. The van der Waals surface area contributed by atoms with E-state index in [2.05, 4.69) is 9.97 Å². The van der Waals surface area contributed by atoms with E-state index in [-0.39, 0.29) is 23.2 Å². The lowest BCUT2D eigenvalue weighted by molar-refractivity contribution is -0.143. The quantitative estimate of drug-likeness (QED) is 0.716. The smallest absolute Gasteiger partial charge is 0.370 e. The molecule has 0 saturated carbocycles. The van der Waals surface area contributed by atoms with Gasteiger partial charge in [-0.25, -0.2) is 4.98 Å². The van der Waals surface area contributed by atoms with Crippen LogP contribution in [0.5, 0.6) is 0 Å². The fraction of sp³-hybridized carbons (Fsp3) is 0.450. The van der Waals surface area contributed by atoms with E-state index in [0.29, 0.717) is 30.8 Å². The summed E-state index contributed by atoms with van der Waals surface area (Å²) in [5.74, 6) is 0.304. The summed E-state index contributed by atoms with van der Waals surface area (Å²) in [4.78, 5) is 24.5. The number of ether oxygens (including phenoxy) is 1. The van der Waals surface area contributed by atoms with E-state index in [4.69, 9.17) is 16.3 Å². The molecule has 10 heteroatoms. The molecule has 30 heavy (non-hydrogen) atoms. The summed E-state index contributed by atoms with van der Waals surface area (Å²) < 4.78 is 46.7. The molecule has 0 radical (unpaired) electrons. The number of amides is 1. The van der Waals surface area contributed by atoms with E-state index in [1.165, 1.54) is 24.4 Å². The van der Waals surface area contributed by atoms with Crippen molar-refractivity contribution in [1.82, 2.24) is 14.9 Å². The zero-order valence-electron chi connectivity index (χ0n) is 16.8. The van der Waals surface area contributed by atoms with Crippen molar-refractivity contribution in [2.75, 3.05) is 39.2 Å². The Morgan fingerprint density at radius 3 is 2.67 bits per heavy atom. The molecule has 1 fully saturated rings. The highest BCUT2D eigenvalue weighted by atomic mass is 35.5. The molecule has 3 heterocycles. The number of likely N-dealkylation sites (tertiary alicyclic amines) is 1. The largest absolute Gasteiger partial charge is 0.418 e. The van der Waals surface area contributed by atoms with Crippen LogP contribution in [-0.2, 0) is 16.5 Å². The summed E-state index contributed by atoms with van der Waals surface area (Å²) in [6, 6.07) is 4.07. The molecule has 0 bridgehead atoms. The molecule has 1 unspecified atom stereocenters. The van der Waals surface area contributed by atoms with Crippen LogP contribution >= 0.6 is 11.6 Å². The Bertz CT molecular complexity index is 939. The number of nitrogens with zero attached hydrogens (tertiary/aromatic N) is 4. The number of rotatable bonds is 4. The number of aromatic nitrogens is 2. The highest BCUT2D eigenvalue weighted by molar-refractivity contribution is 6.30. The molecule has 162 valence electrons. The van der Waals surface area contributed by atoms with Crippen molar-refractivity contribution < 1.29 is 22.7 Å². The van der Waals surface area contributed by atoms with Crippen molar-refractivity contribution in [3.63, 3.8) is 0 Å². The number of carbonyl (C=O) groups is 1. The first-order valence-electron chi connectivity index (χ1n) is 9.28. The van der Waals surface area contributed by atoms with Crippen LogP contribution in [0.2, 0.25) is 5.02 Å². The van der Waals surface area contributed by atoms with Gasteiger partial charge in [-0.2, -0.15) is 13.2 Å². The van der Waals surface area contributed by atoms with Gasteiger partial charge in [-0.05, 0) is 31.0 Å². The van der Waals surface area contributed by atoms with Gasteiger partial charge in [-0.1, -0.05) is 11.6 Å². The number of methoxy groups -OCH3 is 1. The molecule has 0 aliphatic carbocycles. The summed E-state index contributed by atoms with van der Waals surface area (Å²) in [6.07, 6.45) is -1.20. The number of halogens is 4. The second-order valence-electron chi connectivity index (χ2n) is 7.37. The zero-order chi connectivity index (χ0) is 22.1. The normalized spacial score (nSPS) is 19.6. The monoisotopic (exact) mass is 442 g/mol. The van der Waals surface area contributed by atoms with Gasteiger partial charge in [-0.3, -0.25) is 9.78 Å². The number of hydrogen-bond donors (Lipinski definition) is 0. The van der Waals surface area contributed by atoms with E-state index < -0.39 is 17.3 Å². The van der Waals surface area contributed by atoms with Crippen molar-refractivity contribution in [3.8, 4) is 0 Å². The second kappa shape index (κ2) is 8.39. The minimum atomic E-state index is -4.66. The van der Waals surface area contributed by atoms with Crippen LogP contribution < -0.4 is 4.90 Å². The lowest BCUT2D eigenvalue weighted by Crippen LogP contribution is -2.50.